The van der Waals surface area contributed by atoms with E-state index in [9.17, 15) is 14.0 Å². The Morgan fingerprint density at radius 2 is 1.86 bits per heavy atom. The molecule has 22 heavy (non-hydrogen) atoms. The van der Waals surface area contributed by atoms with Gasteiger partial charge in [0, 0.05) is 6.07 Å². The van der Waals surface area contributed by atoms with Crippen LogP contribution in [0.3, 0.4) is 0 Å². The zero-order valence-electron chi connectivity index (χ0n) is 11.4. The van der Waals surface area contributed by atoms with Crippen LogP contribution in [0.15, 0.2) is 48.5 Å². The molecule has 1 N–H and O–H groups in total. The Hall–Kier alpha value is -3.02. The van der Waals surface area contributed by atoms with Crippen molar-refractivity contribution >= 4 is 35.2 Å². The number of rotatable bonds is 1. The molecule has 1 atom stereocenters. The Morgan fingerprint density at radius 1 is 1.05 bits per heavy atom. The van der Waals surface area contributed by atoms with Gasteiger partial charge in [0.15, 0.2) is 12.3 Å². The van der Waals surface area contributed by atoms with Gasteiger partial charge >= 0.3 is 6.03 Å². The van der Waals surface area contributed by atoms with Gasteiger partial charge in [-0.25, -0.2) is 19.1 Å². The Bertz CT molecular complexity index is 834. The van der Waals surface area contributed by atoms with Crippen LogP contribution >= 0.6 is 0 Å². The fourth-order valence-electron chi connectivity index (χ4n) is 2.79. The second kappa shape index (κ2) is 4.49. The van der Waals surface area contributed by atoms with E-state index in [1.165, 1.54) is 29.2 Å². The molecule has 0 spiro atoms. The number of fused-ring (bicyclic) bond motifs is 3. The Balaban J connectivity index is 1.83. The van der Waals surface area contributed by atoms with Gasteiger partial charge in [-0.2, -0.15) is 0 Å². The van der Waals surface area contributed by atoms with Crippen LogP contribution in [0.4, 0.5) is 26.2 Å². The predicted molar refractivity (Wildman–Crippen MR) is 78.7 cm³/mol. The molecule has 1 saturated heterocycles. The van der Waals surface area contributed by atoms with Crippen molar-refractivity contribution in [2.75, 3.05) is 9.80 Å². The van der Waals surface area contributed by atoms with E-state index >= 15 is 0 Å². The van der Waals surface area contributed by atoms with Crippen molar-refractivity contribution in [2.45, 2.75) is 6.04 Å². The van der Waals surface area contributed by atoms with Crippen LogP contribution in [0.5, 0.6) is 0 Å². The molecule has 2 aromatic carbocycles. The van der Waals surface area contributed by atoms with Gasteiger partial charge in [0.1, 0.15) is 11.5 Å². The summed E-state index contributed by atoms with van der Waals surface area (Å²) < 4.78 is 13.4. The monoisotopic (exact) mass is 296 g/mol. The average molecular weight is 296 g/mol. The van der Waals surface area contributed by atoms with Gasteiger partial charge in [0.05, 0.1) is 5.69 Å². The number of amides is 3. The Morgan fingerprint density at radius 3 is 2.68 bits per heavy atom. The number of anilines is 2. The number of benzene rings is 2. The van der Waals surface area contributed by atoms with Crippen molar-refractivity contribution in [1.29, 1.82) is 0 Å². The quantitative estimate of drug-likeness (QED) is 0.797. The van der Waals surface area contributed by atoms with E-state index in [2.05, 4.69) is 4.99 Å². The molecule has 1 unspecified atom stereocenters. The minimum atomic E-state index is -0.731. The highest BCUT2D eigenvalue weighted by atomic mass is 19.1. The largest absolute Gasteiger partial charge is 0.337 e. The molecule has 4 rings (SSSR count). The highest BCUT2D eigenvalue weighted by Crippen LogP contribution is 2.33. The second-order valence-corrected chi connectivity index (χ2v) is 5.08. The third-order valence-electron chi connectivity index (χ3n) is 3.78. The van der Waals surface area contributed by atoms with E-state index in [0.29, 0.717) is 5.69 Å². The summed E-state index contributed by atoms with van der Waals surface area (Å²) in [5, 5.41) is 0. The molecule has 0 aliphatic carbocycles. The van der Waals surface area contributed by atoms with Gasteiger partial charge in [0.25, 0.3) is 5.91 Å². The molecule has 2 aliphatic heterocycles. The van der Waals surface area contributed by atoms with Crippen LogP contribution in [0.25, 0.3) is 0 Å². The molecule has 0 aromatic heterocycles. The molecule has 0 saturated carbocycles. The normalized spacial score (nSPS) is 19.4. The van der Waals surface area contributed by atoms with Crippen molar-refractivity contribution in [3.63, 3.8) is 0 Å². The van der Waals surface area contributed by atoms with E-state index in [0.717, 1.165) is 10.6 Å². The van der Waals surface area contributed by atoms with Crippen molar-refractivity contribution in [2.24, 2.45) is 0 Å². The zero-order valence-corrected chi connectivity index (χ0v) is 11.4. The summed E-state index contributed by atoms with van der Waals surface area (Å²) in [5.74, 6) is -0.900. The number of nitrogens with zero attached hydrogens (tertiary/aromatic N) is 2. The third-order valence-corrected chi connectivity index (χ3v) is 3.78. The van der Waals surface area contributed by atoms with Crippen LogP contribution in [0.1, 0.15) is 0 Å². The molecule has 2 aromatic rings. The second-order valence-electron chi connectivity index (χ2n) is 5.08. The van der Waals surface area contributed by atoms with Gasteiger partial charge in [-0.3, -0.25) is 9.69 Å². The molecular formula is C16H11FN3O2+. The number of urea groups is 1. The maximum Gasteiger partial charge on any atom is 0.337 e. The van der Waals surface area contributed by atoms with Crippen LogP contribution in [-0.4, -0.2) is 24.2 Å². The summed E-state index contributed by atoms with van der Waals surface area (Å²) >= 11 is 0. The Kier molecular flexibility index (Phi) is 2.59. The molecule has 0 bridgehead atoms. The number of imide groups is 1. The van der Waals surface area contributed by atoms with E-state index in [4.69, 9.17) is 0 Å². The van der Waals surface area contributed by atoms with Crippen LogP contribution in [0.2, 0.25) is 0 Å². The van der Waals surface area contributed by atoms with Gasteiger partial charge in [-0.15, -0.1) is 0 Å². The SMILES string of the molecule is O=C1C2C=[NH+]c3ccccc3N2C(=O)N1c1cccc(F)c1. The minimum Gasteiger partial charge on any atom is -0.271 e. The lowest BCUT2D eigenvalue weighted by Gasteiger charge is -2.20. The van der Waals surface area contributed by atoms with Crippen molar-refractivity contribution < 1.29 is 19.0 Å². The maximum atomic E-state index is 13.4. The van der Waals surface area contributed by atoms with Gasteiger partial charge in [-0.1, -0.05) is 18.2 Å². The summed E-state index contributed by atoms with van der Waals surface area (Å²) in [7, 11) is 0. The van der Waals surface area contributed by atoms with E-state index in [1.807, 2.05) is 12.1 Å². The number of carbonyl (C=O) groups excluding carboxylic acids is 2. The van der Waals surface area contributed by atoms with Crippen LogP contribution < -0.4 is 14.8 Å². The first-order valence-electron chi connectivity index (χ1n) is 6.78. The lowest BCUT2D eigenvalue weighted by Crippen LogP contribution is -2.69. The first-order valence-corrected chi connectivity index (χ1v) is 6.78. The number of hydrogen-bond acceptors (Lipinski definition) is 2. The number of nitrogens with one attached hydrogen (secondary N) is 1. The molecule has 6 heteroatoms. The standard InChI is InChI=1S/C16H10FN3O2/c17-10-4-3-5-11(8-10)19-15(21)14-9-18-12-6-1-2-7-13(12)20(14)16(19)22/h1-9,14H/p+1. The topological polar surface area (TPSA) is 54.6 Å². The van der Waals surface area contributed by atoms with E-state index in [-0.39, 0.29) is 5.69 Å². The van der Waals surface area contributed by atoms with Gasteiger partial charge in [0.2, 0.25) is 5.69 Å². The lowest BCUT2D eigenvalue weighted by molar-refractivity contribution is -0.350. The highest BCUT2D eigenvalue weighted by Gasteiger charge is 2.50. The predicted octanol–water partition coefficient (Wildman–Crippen LogP) is 0.964. The van der Waals surface area contributed by atoms with E-state index < -0.39 is 23.8 Å². The lowest BCUT2D eigenvalue weighted by atomic mass is 10.1. The Labute approximate surface area is 125 Å². The molecule has 5 nitrogen and oxygen atoms in total. The molecular weight excluding hydrogens is 285 g/mol. The van der Waals surface area contributed by atoms with Crippen LogP contribution in [-0.2, 0) is 4.79 Å². The summed E-state index contributed by atoms with van der Waals surface area (Å²) in [5.41, 5.74) is 1.61. The molecule has 1 fully saturated rings. The number of halogens is 1. The van der Waals surface area contributed by atoms with Crippen LogP contribution in [0, 0.1) is 5.82 Å². The molecule has 2 aliphatic rings. The fraction of sp³-hybridized carbons (Fsp3) is 0.0625. The minimum absolute atomic E-state index is 0.232. The number of para-hydroxylation sites is 2. The van der Waals surface area contributed by atoms with Crippen molar-refractivity contribution in [1.82, 2.24) is 0 Å². The molecule has 108 valence electrons. The third kappa shape index (κ3) is 1.67. The average Bonchev–Trinajstić information content (AvgIpc) is 2.79. The van der Waals surface area contributed by atoms with Gasteiger partial charge in [-0.05, 0) is 24.3 Å². The smallest absolute Gasteiger partial charge is 0.271 e. The molecule has 2 heterocycles. The summed E-state index contributed by atoms with van der Waals surface area (Å²) in [6.45, 7) is 0. The van der Waals surface area contributed by atoms with E-state index in [1.54, 1.807) is 18.3 Å². The number of carbonyl (C=O) groups is 2. The molecule has 0 radical (unpaired) electrons. The zero-order chi connectivity index (χ0) is 15.3. The summed E-state index contributed by atoms with van der Waals surface area (Å²) in [6.07, 6.45) is 1.57. The first-order chi connectivity index (χ1) is 10.7. The van der Waals surface area contributed by atoms with Crippen molar-refractivity contribution in [3.05, 3.63) is 54.3 Å². The highest BCUT2D eigenvalue weighted by molar-refractivity contribution is 6.33. The maximum absolute atomic E-state index is 13.4. The summed E-state index contributed by atoms with van der Waals surface area (Å²) in [6, 6.07) is 11.5. The van der Waals surface area contributed by atoms with Crippen molar-refractivity contribution in [3.8, 4) is 0 Å². The first kappa shape index (κ1) is 12.7. The van der Waals surface area contributed by atoms with Gasteiger partial charge < -0.3 is 0 Å². The molecule has 3 amide bonds. The number of hydrogen-bond donors (Lipinski definition) is 1. The summed E-state index contributed by atoms with van der Waals surface area (Å²) in [4.78, 5) is 30.7. The fourth-order valence-corrected chi connectivity index (χ4v) is 2.79.